The molecule has 0 aliphatic heterocycles. The molecular formula is C15H22N2O2S. The predicted molar refractivity (Wildman–Crippen MR) is 85.1 cm³/mol. The molecule has 1 N–H and O–H groups in total. The van der Waals surface area contributed by atoms with Crippen molar-refractivity contribution in [3.05, 3.63) is 29.8 Å². The molecule has 0 saturated heterocycles. The van der Waals surface area contributed by atoms with Crippen LogP contribution in [-0.4, -0.2) is 41.3 Å². The summed E-state index contributed by atoms with van der Waals surface area (Å²) in [4.78, 5) is 25.3. The Morgan fingerprint density at radius 1 is 1.15 bits per heavy atom. The quantitative estimate of drug-likeness (QED) is 0.840. The lowest BCUT2D eigenvalue weighted by molar-refractivity contribution is -0.127. The number of anilines is 1. The fraction of sp³-hybridized carbons (Fsp3) is 0.467. The van der Waals surface area contributed by atoms with E-state index in [4.69, 9.17) is 0 Å². The number of para-hydroxylation sites is 1. The second kappa shape index (κ2) is 8.64. The second-order valence-corrected chi connectivity index (χ2v) is 5.41. The van der Waals surface area contributed by atoms with Gasteiger partial charge in [-0.15, -0.1) is 11.8 Å². The number of rotatable bonds is 7. The van der Waals surface area contributed by atoms with Gasteiger partial charge in [-0.2, -0.15) is 0 Å². The van der Waals surface area contributed by atoms with Crippen molar-refractivity contribution in [1.29, 1.82) is 0 Å². The van der Waals surface area contributed by atoms with Crippen molar-refractivity contribution in [2.75, 3.05) is 29.9 Å². The van der Waals surface area contributed by atoms with E-state index in [1.165, 1.54) is 11.8 Å². The van der Waals surface area contributed by atoms with Crippen LogP contribution in [0.1, 0.15) is 19.4 Å². The zero-order chi connectivity index (χ0) is 15.0. The number of nitrogens with one attached hydrogen (secondary N) is 1. The van der Waals surface area contributed by atoms with Gasteiger partial charge >= 0.3 is 0 Å². The van der Waals surface area contributed by atoms with E-state index in [2.05, 4.69) is 5.32 Å². The molecule has 1 rings (SSSR count). The highest BCUT2D eigenvalue weighted by atomic mass is 32.2. The third-order valence-electron chi connectivity index (χ3n) is 2.99. The van der Waals surface area contributed by atoms with Gasteiger partial charge in [0.1, 0.15) is 0 Å². The minimum absolute atomic E-state index is 0.0725. The van der Waals surface area contributed by atoms with Crippen LogP contribution in [0.25, 0.3) is 0 Å². The summed E-state index contributed by atoms with van der Waals surface area (Å²) >= 11 is 1.35. The zero-order valence-corrected chi connectivity index (χ0v) is 13.1. The van der Waals surface area contributed by atoms with E-state index in [1.807, 2.05) is 45.0 Å². The summed E-state index contributed by atoms with van der Waals surface area (Å²) in [7, 11) is 0. The Kier molecular flexibility index (Phi) is 7.15. The summed E-state index contributed by atoms with van der Waals surface area (Å²) in [5.41, 5.74) is 1.86. The van der Waals surface area contributed by atoms with Crippen molar-refractivity contribution >= 4 is 29.3 Å². The van der Waals surface area contributed by atoms with Crippen molar-refractivity contribution in [3.8, 4) is 0 Å². The standard InChI is InChI=1S/C15H22N2O2S/c1-4-17(5-2)15(19)11-20-10-14(18)16-13-9-7-6-8-12(13)3/h6-9H,4-5,10-11H2,1-3H3,(H,16,18). The molecule has 0 aliphatic rings. The molecule has 1 aromatic rings. The van der Waals surface area contributed by atoms with Gasteiger partial charge in [0.15, 0.2) is 0 Å². The molecule has 0 radical (unpaired) electrons. The molecule has 4 nitrogen and oxygen atoms in total. The number of hydrogen-bond acceptors (Lipinski definition) is 3. The molecule has 0 spiro atoms. The molecule has 0 aromatic heterocycles. The number of aryl methyl sites for hydroxylation is 1. The fourth-order valence-electron chi connectivity index (χ4n) is 1.80. The minimum Gasteiger partial charge on any atom is -0.343 e. The van der Waals surface area contributed by atoms with Gasteiger partial charge in [0, 0.05) is 18.8 Å². The van der Waals surface area contributed by atoms with E-state index in [1.54, 1.807) is 4.90 Å². The van der Waals surface area contributed by atoms with Gasteiger partial charge in [-0.05, 0) is 32.4 Å². The lowest BCUT2D eigenvalue weighted by atomic mass is 10.2. The molecule has 0 atom stereocenters. The van der Waals surface area contributed by atoms with E-state index < -0.39 is 0 Å². The van der Waals surface area contributed by atoms with Gasteiger partial charge in [-0.3, -0.25) is 9.59 Å². The summed E-state index contributed by atoms with van der Waals surface area (Å²) in [6.45, 7) is 7.29. The number of carbonyl (C=O) groups is 2. The number of thioether (sulfide) groups is 1. The van der Waals surface area contributed by atoms with Crippen LogP contribution >= 0.6 is 11.8 Å². The summed E-state index contributed by atoms with van der Waals surface area (Å²) in [5.74, 6) is 0.657. The average molecular weight is 294 g/mol. The molecular weight excluding hydrogens is 272 g/mol. The monoisotopic (exact) mass is 294 g/mol. The van der Waals surface area contributed by atoms with E-state index in [9.17, 15) is 9.59 Å². The van der Waals surface area contributed by atoms with Crippen LogP contribution in [0.3, 0.4) is 0 Å². The second-order valence-electron chi connectivity index (χ2n) is 4.42. The van der Waals surface area contributed by atoms with Crippen molar-refractivity contribution < 1.29 is 9.59 Å². The molecule has 0 unspecified atom stereocenters. The molecule has 5 heteroatoms. The van der Waals surface area contributed by atoms with Crippen LogP contribution in [0, 0.1) is 6.92 Å². The van der Waals surface area contributed by atoms with Gasteiger partial charge in [0.05, 0.1) is 11.5 Å². The van der Waals surface area contributed by atoms with Crippen molar-refractivity contribution in [2.24, 2.45) is 0 Å². The van der Waals surface area contributed by atoms with E-state index in [0.29, 0.717) is 24.6 Å². The number of nitrogens with zero attached hydrogens (tertiary/aromatic N) is 1. The van der Waals surface area contributed by atoms with Crippen LogP contribution in [0.2, 0.25) is 0 Å². The zero-order valence-electron chi connectivity index (χ0n) is 12.3. The van der Waals surface area contributed by atoms with E-state index in [0.717, 1.165) is 11.3 Å². The smallest absolute Gasteiger partial charge is 0.234 e. The first kappa shape index (κ1) is 16.6. The van der Waals surface area contributed by atoms with Crippen LogP contribution in [0.15, 0.2) is 24.3 Å². The number of benzene rings is 1. The Labute approximate surface area is 124 Å². The molecule has 1 aromatic carbocycles. The Bertz CT molecular complexity index is 459. The third kappa shape index (κ3) is 5.25. The Hall–Kier alpha value is -1.49. The Balaban J connectivity index is 2.34. The van der Waals surface area contributed by atoms with Gasteiger partial charge in [0.25, 0.3) is 0 Å². The van der Waals surface area contributed by atoms with Crippen molar-refractivity contribution in [2.45, 2.75) is 20.8 Å². The molecule has 0 saturated carbocycles. The number of hydrogen-bond donors (Lipinski definition) is 1. The average Bonchev–Trinajstić information content (AvgIpc) is 2.43. The first-order valence-electron chi connectivity index (χ1n) is 6.79. The molecule has 20 heavy (non-hydrogen) atoms. The highest BCUT2D eigenvalue weighted by Crippen LogP contribution is 2.13. The summed E-state index contributed by atoms with van der Waals surface area (Å²) < 4.78 is 0. The van der Waals surface area contributed by atoms with Gasteiger partial charge in [-0.25, -0.2) is 0 Å². The van der Waals surface area contributed by atoms with Crippen LogP contribution < -0.4 is 5.32 Å². The molecule has 110 valence electrons. The summed E-state index contributed by atoms with van der Waals surface area (Å²) in [6, 6.07) is 7.65. The lowest BCUT2D eigenvalue weighted by Crippen LogP contribution is -2.32. The fourth-order valence-corrected chi connectivity index (χ4v) is 2.51. The van der Waals surface area contributed by atoms with Crippen LogP contribution in [0.4, 0.5) is 5.69 Å². The third-order valence-corrected chi connectivity index (χ3v) is 3.91. The van der Waals surface area contributed by atoms with E-state index in [-0.39, 0.29) is 11.8 Å². The van der Waals surface area contributed by atoms with Crippen molar-refractivity contribution in [3.63, 3.8) is 0 Å². The van der Waals surface area contributed by atoms with Gasteiger partial charge < -0.3 is 10.2 Å². The highest BCUT2D eigenvalue weighted by molar-refractivity contribution is 8.00. The SMILES string of the molecule is CCN(CC)C(=O)CSCC(=O)Nc1ccccc1C. The predicted octanol–water partition coefficient (Wildman–Crippen LogP) is 2.54. The maximum Gasteiger partial charge on any atom is 0.234 e. The molecule has 0 heterocycles. The maximum atomic E-state index is 11.8. The minimum atomic E-state index is -0.0725. The van der Waals surface area contributed by atoms with Crippen LogP contribution in [0.5, 0.6) is 0 Å². The van der Waals surface area contributed by atoms with Gasteiger partial charge in [-0.1, -0.05) is 18.2 Å². The van der Waals surface area contributed by atoms with E-state index >= 15 is 0 Å². The Morgan fingerprint density at radius 2 is 1.80 bits per heavy atom. The maximum absolute atomic E-state index is 11.8. The van der Waals surface area contributed by atoms with Gasteiger partial charge in [0.2, 0.25) is 11.8 Å². The normalized spacial score (nSPS) is 10.2. The lowest BCUT2D eigenvalue weighted by Gasteiger charge is -2.18. The first-order chi connectivity index (χ1) is 9.58. The number of carbonyl (C=O) groups excluding carboxylic acids is 2. The summed E-state index contributed by atoms with van der Waals surface area (Å²) in [5, 5.41) is 2.86. The first-order valence-corrected chi connectivity index (χ1v) is 7.95. The largest absolute Gasteiger partial charge is 0.343 e. The Morgan fingerprint density at radius 3 is 2.40 bits per heavy atom. The molecule has 0 bridgehead atoms. The topological polar surface area (TPSA) is 49.4 Å². The van der Waals surface area contributed by atoms with Crippen LogP contribution in [-0.2, 0) is 9.59 Å². The highest BCUT2D eigenvalue weighted by Gasteiger charge is 2.11. The molecule has 0 aliphatic carbocycles. The molecule has 0 fully saturated rings. The summed E-state index contributed by atoms with van der Waals surface area (Å²) in [6.07, 6.45) is 0. The van der Waals surface area contributed by atoms with Crippen molar-refractivity contribution in [1.82, 2.24) is 4.90 Å². The number of amides is 2. The molecule has 2 amide bonds.